The van der Waals surface area contributed by atoms with E-state index in [1.807, 2.05) is 75.3 Å². The molecule has 0 radical (unpaired) electrons. The number of ether oxygens (including phenoxy) is 4. The number of aliphatic hydroxyl groups is 2. The van der Waals surface area contributed by atoms with Crippen LogP contribution < -0.4 is 11.1 Å². The monoisotopic (exact) mass is 1840 g/mol. The van der Waals surface area contributed by atoms with E-state index in [-0.39, 0.29) is 150 Å². The molecule has 0 spiro atoms. The fraction of sp³-hybridized carbons (Fsp3) is 0.768. The minimum atomic E-state index is -1.88. The molecule has 3 saturated carbocycles. The van der Waals surface area contributed by atoms with Crippen LogP contribution in [0.1, 0.15) is 260 Å². The lowest BCUT2D eigenvalue weighted by Crippen LogP contribution is -2.62. The second-order valence-corrected chi connectivity index (χ2v) is 41.1. The number of Topliss-reactive ketones (excluding diaryl/α,β-unsaturated/α-hetero) is 5. The van der Waals surface area contributed by atoms with Crippen LogP contribution in [0.3, 0.4) is 0 Å². The SMILES string of the molecule is C/C=C/C[C@@H](C)[C@@H](OC(=O)OCOC(=O)[C@H](N)CCCCNC(=O)CCC(=O)OCC(=O)[C@@]1(O)CCC2C3CCC4=CC(=O)C=C[C@]4(C)C3[C@@H](O)C[C@@]21C)[C@@H]1C(=O)C[C@H](CC)C(=O)N(C)CC(=O)N(C)[C@@H](CC(C)C)C(=O)C[C@H](C(C)C)C(=O)N(C)[C@H](CC(C)C)C(=O)C[C@H](C)C(=O)C[C@@H](C)C(=O)N(C)[C@H](CC(C)C)C(=O)N(C)[C@H](CC(C)C)C(=O)N(C)[C@H](C(C)C)C(=O)N1C. The Morgan fingerprint density at radius 2 is 1.15 bits per heavy atom. The molecule has 1 aliphatic heterocycles. The van der Waals surface area contributed by atoms with Gasteiger partial charge in [-0.05, 0) is 162 Å². The molecule has 4 aliphatic carbocycles. The van der Waals surface area contributed by atoms with Gasteiger partial charge in [0.25, 0.3) is 0 Å². The zero-order valence-electron chi connectivity index (χ0n) is 83.3. The van der Waals surface area contributed by atoms with Gasteiger partial charge in [0.1, 0.15) is 47.7 Å². The van der Waals surface area contributed by atoms with Crippen molar-refractivity contribution in [2.45, 2.75) is 320 Å². The van der Waals surface area contributed by atoms with E-state index in [1.165, 1.54) is 73.8 Å². The predicted molar refractivity (Wildman–Crippen MR) is 492 cm³/mol. The first-order chi connectivity index (χ1) is 61.0. The van der Waals surface area contributed by atoms with Crippen LogP contribution in [0.5, 0.6) is 0 Å². The molecule has 5 N–H and O–H groups in total. The lowest BCUT2D eigenvalue weighted by molar-refractivity contribution is -0.181. The van der Waals surface area contributed by atoms with E-state index in [0.717, 1.165) is 15.4 Å². The molecule has 131 heavy (non-hydrogen) atoms. The van der Waals surface area contributed by atoms with Crippen molar-refractivity contribution in [3.8, 4) is 0 Å². The standard InChI is InChI=1S/C99H159N9O23/c1-27-29-32-62(15)88(131-96(126)130-55-129-95(125)71(100)33-30-31-42-101-82(116)36-37-84(118)128-54-81(115)99(127)41-39-70-68-35-34-66-50-67(109)38-40-97(66,18)85(68)80(114)52-98(70,99)19)87-79(113)49-65(28-2)90(120)102(20)53-83(117)103(21)72(43-56(3)4)78(112)51-69(60(11)12)91(121)104(22)73(44-57(5)6)77(111)47-63(16)76(110)48-64(17)89(119)105(23)74(45-58(7)8)92(122)106(24)75(46-59(9)10)93(123)107(25)86(61(13)14)94(124)108(87)26/h27,29,38,40,50,56-65,68-75,80,85-88,114,127H,28,30-37,39,41-49,51-55,100H2,1-26H3,(H,101,116)/b29-27+/t62-,63+,64-,65+,68?,69-,70?,71-,72+,73-,74-,75-,80+,85?,86-,87+,88-,97+,98+,99+/m1/s1. The van der Waals surface area contributed by atoms with E-state index in [1.54, 1.807) is 86.6 Å². The van der Waals surface area contributed by atoms with Gasteiger partial charge in [-0.2, -0.15) is 0 Å². The Kier molecular flexibility index (Phi) is 42.9. The molecular formula is C99H159N9O23. The number of unbranched alkanes of at least 4 members (excludes halogenated alkanes) is 1. The molecule has 3 unspecified atom stereocenters. The van der Waals surface area contributed by atoms with E-state index in [9.17, 15) is 72.5 Å². The maximum atomic E-state index is 15.9. The Morgan fingerprint density at radius 1 is 0.603 bits per heavy atom. The van der Waals surface area contributed by atoms with Crippen LogP contribution in [0, 0.1) is 93.7 Å². The summed E-state index contributed by atoms with van der Waals surface area (Å²) in [6.07, 6.45) is 5.77. The number of hydrogen-bond acceptors (Lipinski definition) is 24. The van der Waals surface area contributed by atoms with E-state index in [4.69, 9.17) is 24.7 Å². The molecule has 0 bridgehead atoms. The van der Waals surface area contributed by atoms with Crippen LogP contribution in [0.4, 0.5) is 4.79 Å². The molecule has 8 amide bonds. The summed E-state index contributed by atoms with van der Waals surface area (Å²) in [4.78, 5) is 254. The zero-order valence-corrected chi connectivity index (χ0v) is 83.3. The fourth-order valence-corrected chi connectivity index (χ4v) is 20.6. The van der Waals surface area contributed by atoms with Crippen LogP contribution in [-0.4, -0.2) is 280 Å². The maximum Gasteiger partial charge on any atom is 0.511 e. The van der Waals surface area contributed by atoms with Crippen LogP contribution in [0.2, 0.25) is 0 Å². The number of nitrogens with two attached hydrogens (primary N) is 1. The fourth-order valence-electron chi connectivity index (χ4n) is 20.6. The molecule has 32 heteroatoms. The summed E-state index contributed by atoms with van der Waals surface area (Å²) in [6.45, 7) is 31.6. The molecule has 4 fully saturated rings. The zero-order chi connectivity index (χ0) is 99.3. The number of nitrogens with zero attached hydrogens (tertiary/aromatic N) is 7. The normalized spacial score (nSPS) is 29.5. The van der Waals surface area contributed by atoms with Crippen LogP contribution >= 0.6 is 0 Å². The molecule has 5 aliphatic rings. The maximum absolute atomic E-state index is 15.9. The van der Waals surface area contributed by atoms with Gasteiger partial charge in [0.05, 0.1) is 31.2 Å². The Labute approximate surface area is 777 Å². The van der Waals surface area contributed by atoms with Gasteiger partial charge in [-0.15, -0.1) is 0 Å². The summed E-state index contributed by atoms with van der Waals surface area (Å²) in [6, 6.07) is -9.03. The molecule has 0 aromatic heterocycles. The molecule has 1 saturated heterocycles. The molecule has 0 aromatic carbocycles. The highest BCUT2D eigenvalue weighted by Crippen LogP contribution is 2.67. The Morgan fingerprint density at radius 3 is 1.71 bits per heavy atom. The molecule has 32 nitrogen and oxygen atoms in total. The number of nitrogens with one attached hydrogen (secondary N) is 1. The van der Waals surface area contributed by atoms with Gasteiger partial charge >= 0.3 is 18.1 Å². The first-order valence-electron chi connectivity index (χ1n) is 47.6. The number of amides is 8. The number of rotatable bonds is 30. The van der Waals surface area contributed by atoms with Crippen molar-refractivity contribution in [3.05, 3.63) is 36.0 Å². The van der Waals surface area contributed by atoms with Crippen molar-refractivity contribution >= 4 is 100 Å². The minimum Gasteiger partial charge on any atom is -0.458 e. The molecular weight excluding hydrogens is 1680 g/mol. The van der Waals surface area contributed by atoms with E-state index in [0.29, 0.717) is 25.7 Å². The molecule has 738 valence electrons. The van der Waals surface area contributed by atoms with Crippen LogP contribution in [0.25, 0.3) is 0 Å². The Hall–Kier alpha value is -8.91. The predicted octanol–water partition coefficient (Wildman–Crippen LogP) is 9.81. The third-order valence-electron chi connectivity index (χ3n) is 28.5. The van der Waals surface area contributed by atoms with Crippen molar-refractivity contribution in [3.63, 3.8) is 0 Å². The van der Waals surface area contributed by atoms with Crippen molar-refractivity contribution < 1.29 is 111 Å². The summed E-state index contributed by atoms with van der Waals surface area (Å²) in [7, 11) is 9.89. The van der Waals surface area contributed by atoms with Crippen LogP contribution in [-0.2, 0) is 95.7 Å². The first kappa shape index (κ1) is 113. The van der Waals surface area contributed by atoms with Gasteiger partial charge in [-0.1, -0.05) is 148 Å². The molecule has 0 aromatic rings. The van der Waals surface area contributed by atoms with Crippen molar-refractivity contribution in [2.24, 2.45) is 99.4 Å². The average Bonchev–Trinajstić information content (AvgIpc) is 1.58. The lowest BCUT2D eigenvalue weighted by Gasteiger charge is -2.59. The third-order valence-corrected chi connectivity index (χ3v) is 28.5. The number of carbonyl (C=O) groups excluding carboxylic acids is 17. The number of esters is 2. The van der Waals surface area contributed by atoms with Crippen molar-refractivity contribution in [2.75, 3.05) is 75.8 Å². The second-order valence-electron chi connectivity index (χ2n) is 41.1. The van der Waals surface area contributed by atoms with E-state index >= 15 is 19.2 Å². The number of hydrogen-bond donors (Lipinski definition) is 4. The number of fused-ring (bicyclic) bond motifs is 5. The largest absolute Gasteiger partial charge is 0.511 e. The molecule has 1 heterocycles. The Balaban J connectivity index is 1.40. The summed E-state index contributed by atoms with van der Waals surface area (Å²) < 4.78 is 22.1. The third kappa shape index (κ3) is 28.8. The highest BCUT2D eigenvalue weighted by Gasteiger charge is 2.68. The van der Waals surface area contributed by atoms with Crippen molar-refractivity contribution in [1.29, 1.82) is 0 Å². The number of likely N-dealkylation sites (N-methyl/N-ethyl adjacent to an activating group) is 7. The summed E-state index contributed by atoms with van der Waals surface area (Å²) in [5.41, 5.74) is 3.79. The second kappa shape index (κ2) is 49.9. The number of allylic oxidation sites excluding steroid dienone is 6. The quantitative estimate of drug-likeness (QED) is 0.0171. The average molecular weight is 1840 g/mol. The van der Waals surface area contributed by atoms with Gasteiger partial charge in [-0.3, -0.25) is 76.7 Å². The number of aliphatic hydroxyl groups excluding tert-OH is 1. The summed E-state index contributed by atoms with van der Waals surface area (Å²) >= 11 is 0. The minimum absolute atomic E-state index is 0.0122. The molecule has 20 atom stereocenters. The highest BCUT2D eigenvalue weighted by molar-refractivity contribution is 6.02. The Bertz CT molecular complexity index is 4150. The van der Waals surface area contributed by atoms with Gasteiger partial charge in [0.15, 0.2) is 29.7 Å². The van der Waals surface area contributed by atoms with Gasteiger partial charge in [0.2, 0.25) is 59.8 Å². The topological polar surface area (TPSA) is 428 Å². The van der Waals surface area contributed by atoms with Crippen molar-refractivity contribution in [1.82, 2.24) is 39.6 Å². The first-order valence-corrected chi connectivity index (χ1v) is 47.6. The van der Waals surface area contributed by atoms with Gasteiger partial charge < -0.3 is 74.5 Å². The van der Waals surface area contributed by atoms with E-state index in [2.05, 4.69) is 5.32 Å². The smallest absolute Gasteiger partial charge is 0.458 e. The lowest BCUT2D eigenvalue weighted by atomic mass is 9.46. The molecule has 5 rings (SSSR count). The summed E-state index contributed by atoms with van der Waals surface area (Å²) in [5, 5.41) is 26.6. The van der Waals surface area contributed by atoms with E-state index < -0.39 is 233 Å². The van der Waals surface area contributed by atoms with Crippen LogP contribution in [0.15, 0.2) is 36.0 Å². The number of ketones is 6. The number of carbonyl (C=O) groups is 17. The van der Waals surface area contributed by atoms with Gasteiger partial charge in [-0.25, -0.2) is 4.79 Å². The highest BCUT2D eigenvalue weighted by atomic mass is 16.8. The summed E-state index contributed by atoms with van der Waals surface area (Å²) in [5.74, 6) is -16.9. The van der Waals surface area contributed by atoms with Gasteiger partial charge in [0, 0.05) is 128 Å².